The van der Waals surface area contributed by atoms with Crippen molar-refractivity contribution >= 4 is 23.0 Å². The van der Waals surface area contributed by atoms with Crippen LogP contribution in [0.15, 0.2) is 29.3 Å². The highest BCUT2D eigenvalue weighted by molar-refractivity contribution is 8.13. The largest absolute Gasteiger partial charge is 0.444 e. The van der Waals surface area contributed by atoms with Crippen molar-refractivity contribution in [2.24, 2.45) is 10.9 Å². The third-order valence-corrected chi connectivity index (χ3v) is 5.78. The number of thioether (sulfide) groups is 1. The van der Waals surface area contributed by atoms with E-state index in [1.807, 2.05) is 0 Å². The van der Waals surface area contributed by atoms with Crippen molar-refractivity contribution in [1.29, 1.82) is 0 Å². The SMILES string of the molecule is CC(C)(C)OC(=O)NC1=N[C@@]2(c3ccccc3F)C[C@H](O)CC[C@H]2CS1. The average Bonchev–Trinajstić information content (AvgIpc) is 2.52. The van der Waals surface area contributed by atoms with E-state index in [2.05, 4.69) is 5.32 Å². The number of nitrogens with one attached hydrogen (secondary N) is 1. The average molecular weight is 380 g/mol. The first-order valence-electron chi connectivity index (χ1n) is 8.85. The fraction of sp³-hybridized carbons (Fsp3) is 0.579. The topological polar surface area (TPSA) is 70.9 Å². The standard InChI is InChI=1S/C19H25FN2O3S/c1-18(2,3)25-17(24)21-16-22-19(14-6-4-5-7-15(14)20)10-13(23)9-8-12(19)11-26-16/h4-7,12-13,23H,8-11H2,1-3H3,(H,21,22,24)/t12-,13+,19-/m0/s1. The second-order valence-electron chi connectivity index (χ2n) is 7.89. The third-order valence-electron chi connectivity index (χ3n) is 4.74. The van der Waals surface area contributed by atoms with Crippen LogP contribution >= 0.6 is 11.8 Å². The van der Waals surface area contributed by atoms with E-state index in [-0.39, 0.29) is 11.7 Å². The van der Waals surface area contributed by atoms with Crippen LogP contribution < -0.4 is 5.32 Å². The van der Waals surface area contributed by atoms with Crippen molar-refractivity contribution < 1.29 is 19.0 Å². The molecule has 2 N–H and O–H groups in total. The molecule has 3 atom stereocenters. The summed E-state index contributed by atoms with van der Waals surface area (Å²) in [5, 5.41) is 13.4. The number of amides is 1. The smallest absolute Gasteiger partial charge is 0.413 e. The molecule has 7 heteroatoms. The lowest BCUT2D eigenvalue weighted by Crippen LogP contribution is -2.48. The highest BCUT2D eigenvalue weighted by Gasteiger charge is 2.49. The van der Waals surface area contributed by atoms with Crippen LogP contribution in [-0.2, 0) is 10.3 Å². The lowest BCUT2D eigenvalue weighted by Gasteiger charge is -2.46. The summed E-state index contributed by atoms with van der Waals surface area (Å²) in [4.78, 5) is 16.9. The molecule has 1 amide bonds. The highest BCUT2D eigenvalue weighted by atomic mass is 32.2. The molecule has 3 rings (SSSR count). The molecule has 1 aliphatic heterocycles. The van der Waals surface area contributed by atoms with E-state index in [0.29, 0.717) is 29.3 Å². The van der Waals surface area contributed by atoms with Crippen molar-refractivity contribution in [2.45, 2.75) is 57.3 Å². The molecule has 0 spiro atoms. The zero-order chi connectivity index (χ0) is 18.9. The molecule has 1 fully saturated rings. The molecule has 0 radical (unpaired) electrons. The molecule has 2 aliphatic rings. The van der Waals surface area contributed by atoms with Crippen LogP contribution in [0.5, 0.6) is 0 Å². The van der Waals surface area contributed by atoms with Gasteiger partial charge in [-0.2, -0.15) is 0 Å². The van der Waals surface area contributed by atoms with Gasteiger partial charge in [0, 0.05) is 17.7 Å². The molecule has 142 valence electrons. The molecule has 1 heterocycles. The van der Waals surface area contributed by atoms with Crippen molar-refractivity contribution in [2.75, 3.05) is 5.75 Å². The fourth-order valence-corrected chi connectivity index (χ4v) is 4.85. The predicted octanol–water partition coefficient (Wildman–Crippen LogP) is 3.81. The Bertz CT molecular complexity index is 719. The van der Waals surface area contributed by atoms with Gasteiger partial charge in [-0.05, 0) is 45.6 Å². The maximum Gasteiger partial charge on any atom is 0.413 e. The molecule has 1 saturated carbocycles. The summed E-state index contributed by atoms with van der Waals surface area (Å²) in [7, 11) is 0. The summed E-state index contributed by atoms with van der Waals surface area (Å²) in [6, 6.07) is 6.57. The monoisotopic (exact) mass is 380 g/mol. The number of hydrogen-bond acceptors (Lipinski definition) is 5. The second-order valence-corrected chi connectivity index (χ2v) is 8.90. The van der Waals surface area contributed by atoms with Gasteiger partial charge in [0.15, 0.2) is 5.17 Å². The van der Waals surface area contributed by atoms with E-state index in [0.717, 1.165) is 6.42 Å². The molecular weight excluding hydrogens is 355 g/mol. The normalized spacial score (nSPS) is 28.7. The van der Waals surface area contributed by atoms with Crippen LogP contribution in [0.1, 0.15) is 45.6 Å². The summed E-state index contributed by atoms with van der Waals surface area (Å²) in [5.41, 5.74) is -0.998. The van der Waals surface area contributed by atoms with Gasteiger partial charge in [-0.25, -0.2) is 9.18 Å². The first-order valence-corrected chi connectivity index (χ1v) is 9.84. The van der Waals surface area contributed by atoms with Crippen LogP contribution in [0.2, 0.25) is 0 Å². The number of carbonyl (C=O) groups is 1. The minimum absolute atomic E-state index is 0.108. The quantitative estimate of drug-likeness (QED) is 0.777. The van der Waals surface area contributed by atoms with Gasteiger partial charge >= 0.3 is 6.09 Å². The summed E-state index contributed by atoms with van der Waals surface area (Å²) in [5.74, 6) is 0.478. The van der Waals surface area contributed by atoms with E-state index in [1.165, 1.54) is 17.8 Å². The Kier molecular flexibility index (Phi) is 5.30. The zero-order valence-corrected chi connectivity index (χ0v) is 16.1. The van der Waals surface area contributed by atoms with Crippen molar-refractivity contribution in [3.05, 3.63) is 35.6 Å². The molecule has 26 heavy (non-hydrogen) atoms. The van der Waals surface area contributed by atoms with Crippen molar-refractivity contribution in [1.82, 2.24) is 5.32 Å². The number of rotatable bonds is 1. The zero-order valence-electron chi connectivity index (χ0n) is 15.3. The molecular formula is C19H25FN2O3S. The van der Waals surface area contributed by atoms with Gasteiger partial charge in [-0.3, -0.25) is 10.3 Å². The number of aliphatic imine (C=N–C) groups is 1. The van der Waals surface area contributed by atoms with Gasteiger partial charge in [-0.15, -0.1) is 0 Å². The van der Waals surface area contributed by atoms with E-state index >= 15 is 0 Å². The van der Waals surface area contributed by atoms with Gasteiger partial charge in [0.05, 0.1) is 11.6 Å². The third kappa shape index (κ3) is 4.04. The Morgan fingerprint density at radius 2 is 2.12 bits per heavy atom. The summed E-state index contributed by atoms with van der Waals surface area (Å²) >= 11 is 1.44. The summed E-state index contributed by atoms with van der Waals surface area (Å²) < 4.78 is 19.9. The van der Waals surface area contributed by atoms with Gasteiger partial charge < -0.3 is 9.84 Å². The number of benzene rings is 1. The number of aliphatic hydroxyl groups is 1. The Hall–Kier alpha value is -1.60. The first-order chi connectivity index (χ1) is 12.2. The van der Waals surface area contributed by atoms with Crippen molar-refractivity contribution in [3.63, 3.8) is 0 Å². The number of halogens is 1. The minimum Gasteiger partial charge on any atom is -0.444 e. The van der Waals surface area contributed by atoms with E-state index in [1.54, 1.807) is 39.0 Å². The highest BCUT2D eigenvalue weighted by Crippen LogP contribution is 2.49. The lowest BCUT2D eigenvalue weighted by atomic mass is 9.68. The molecule has 1 aliphatic carbocycles. The first kappa shape index (κ1) is 19.2. The number of nitrogens with zero attached hydrogens (tertiary/aromatic N) is 1. The minimum atomic E-state index is -0.862. The number of amidine groups is 1. The molecule has 0 unspecified atom stereocenters. The van der Waals surface area contributed by atoms with E-state index in [9.17, 15) is 14.3 Å². The maximum atomic E-state index is 14.6. The number of aliphatic hydroxyl groups excluding tert-OH is 1. The second kappa shape index (κ2) is 7.19. The van der Waals surface area contributed by atoms with Crippen LogP contribution in [0.3, 0.4) is 0 Å². The molecule has 0 saturated heterocycles. The predicted molar refractivity (Wildman–Crippen MR) is 101 cm³/mol. The number of hydrogen-bond donors (Lipinski definition) is 2. The molecule has 1 aromatic carbocycles. The molecule has 0 aromatic heterocycles. The molecule has 5 nitrogen and oxygen atoms in total. The number of ether oxygens (including phenoxy) is 1. The summed E-state index contributed by atoms with van der Waals surface area (Å²) in [6.45, 7) is 5.37. The van der Waals surface area contributed by atoms with Crippen LogP contribution in [-0.4, -0.2) is 33.8 Å². The summed E-state index contributed by atoms with van der Waals surface area (Å²) in [6.07, 6.45) is 0.679. The van der Waals surface area contributed by atoms with E-state index < -0.39 is 23.3 Å². The van der Waals surface area contributed by atoms with Gasteiger partial charge in [0.1, 0.15) is 11.4 Å². The Morgan fingerprint density at radius 1 is 1.38 bits per heavy atom. The van der Waals surface area contributed by atoms with Crippen LogP contribution in [0.25, 0.3) is 0 Å². The number of carbonyl (C=O) groups excluding carboxylic acids is 1. The fourth-order valence-electron chi connectivity index (χ4n) is 3.67. The molecule has 0 bridgehead atoms. The lowest BCUT2D eigenvalue weighted by molar-refractivity contribution is 0.0538. The Balaban J connectivity index is 1.95. The maximum absolute atomic E-state index is 14.6. The van der Waals surface area contributed by atoms with Gasteiger partial charge in [0.2, 0.25) is 0 Å². The van der Waals surface area contributed by atoms with Gasteiger partial charge in [-0.1, -0.05) is 30.0 Å². The number of fused-ring (bicyclic) bond motifs is 1. The van der Waals surface area contributed by atoms with Crippen LogP contribution in [0, 0.1) is 11.7 Å². The Labute approximate surface area is 157 Å². The number of alkyl carbamates (subject to hydrolysis) is 1. The molecule has 1 aromatic rings. The van der Waals surface area contributed by atoms with Crippen molar-refractivity contribution in [3.8, 4) is 0 Å². The van der Waals surface area contributed by atoms with E-state index in [4.69, 9.17) is 9.73 Å². The Morgan fingerprint density at radius 3 is 2.81 bits per heavy atom. The van der Waals surface area contributed by atoms with Crippen LogP contribution in [0.4, 0.5) is 9.18 Å². The van der Waals surface area contributed by atoms with Gasteiger partial charge in [0.25, 0.3) is 0 Å².